The van der Waals surface area contributed by atoms with E-state index in [0.29, 0.717) is 6.61 Å². The fourth-order valence-electron chi connectivity index (χ4n) is 1.78. The maximum Gasteiger partial charge on any atom is 0.220 e. The third kappa shape index (κ3) is 6.64. The van der Waals surface area contributed by atoms with E-state index < -0.39 is 12.2 Å². The van der Waals surface area contributed by atoms with E-state index in [-0.39, 0.29) is 15.8 Å². The summed E-state index contributed by atoms with van der Waals surface area (Å²) in [5.41, 5.74) is 0.993. The molecule has 1 rings (SSSR count). The Morgan fingerprint density at radius 2 is 1.81 bits per heavy atom. The van der Waals surface area contributed by atoms with Crippen molar-refractivity contribution in [2.24, 2.45) is 5.92 Å². The molecule has 0 saturated carbocycles. The highest BCUT2D eigenvalue weighted by atomic mass is 32.2. The van der Waals surface area contributed by atoms with Gasteiger partial charge in [-0.05, 0) is 11.5 Å². The summed E-state index contributed by atoms with van der Waals surface area (Å²) in [7, 11) is 0. The number of carbonyl (C=O) groups excluding carboxylic acids is 1. The average Bonchev–Trinajstić information content (AvgIpc) is 2.37. The van der Waals surface area contributed by atoms with E-state index in [1.807, 2.05) is 65.0 Å². The quantitative estimate of drug-likeness (QED) is 0.871. The lowest BCUT2D eigenvalue weighted by molar-refractivity contribution is -0.133. The lowest BCUT2D eigenvalue weighted by atomic mass is 10.0. The van der Waals surface area contributed by atoms with Gasteiger partial charge in [0.1, 0.15) is 0 Å². The van der Waals surface area contributed by atoms with Crippen molar-refractivity contribution in [2.45, 2.75) is 58.2 Å². The zero-order valence-electron chi connectivity index (χ0n) is 13.5. The zero-order valence-corrected chi connectivity index (χ0v) is 14.3. The molecule has 0 radical (unpaired) electrons. The standard InChI is InChI=1S/C17H26O3S/c1-12(2)14(18)15(16(19)21-17(3,4)5)20-11-13-9-7-6-8-10-13/h6-10,12,14-15,18H,11H2,1-5H3/t14-,15-/m0/s1. The summed E-state index contributed by atoms with van der Waals surface area (Å²) < 4.78 is 5.55. The van der Waals surface area contributed by atoms with Gasteiger partial charge in [0.2, 0.25) is 5.12 Å². The average molecular weight is 310 g/mol. The molecule has 0 aliphatic carbocycles. The molecule has 0 amide bonds. The van der Waals surface area contributed by atoms with Crippen LogP contribution in [-0.4, -0.2) is 27.2 Å². The minimum Gasteiger partial charge on any atom is -0.390 e. The van der Waals surface area contributed by atoms with Gasteiger partial charge < -0.3 is 9.84 Å². The molecule has 1 aromatic carbocycles. The Balaban J connectivity index is 2.75. The van der Waals surface area contributed by atoms with Gasteiger partial charge in [-0.1, -0.05) is 76.7 Å². The van der Waals surface area contributed by atoms with E-state index >= 15 is 0 Å². The predicted octanol–water partition coefficient (Wildman–Crippen LogP) is 3.65. The Kier molecular flexibility index (Phi) is 6.91. The van der Waals surface area contributed by atoms with E-state index in [0.717, 1.165) is 5.56 Å². The second-order valence-corrected chi connectivity index (χ2v) is 8.32. The van der Waals surface area contributed by atoms with Crippen LogP contribution in [0, 0.1) is 5.92 Å². The van der Waals surface area contributed by atoms with Crippen LogP contribution in [-0.2, 0) is 16.1 Å². The highest BCUT2D eigenvalue weighted by Crippen LogP contribution is 2.28. The summed E-state index contributed by atoms with van der Waals surface area (Å²) in [6.07, 6.45) is -1.59. The first-order valence-electron chi connectivity index (χ1n) is 7.27. The van der Waals surface area contributed by atoms with Gasteiger partial charge in [0, 0.05) is 4.75 Å². The Labute approximate surface area is 132 Å². The monoisotopic (exact) mass is 310 g/mol. The van der Waals surface area contributed by atoms with Crippen molar-refractivity contribution in [3.63, 3.8) is 0 Å². The summed E-state index contributed by atoms with van der Waals surface area (Å²) in [5, 5.41) is 10.2. The number of benzene rings is 1. The molecule has 0 bridgehead atoms. The number of carbonyl (C=O) groups is 1. The highest BCUT2D eigenvalue weighted by molar-refractivity contribution is 8.14. The van der Waals surface area contributed by atoms with Gasteiger partial charge in [-0.25, -0.2) is 0 Å². The Morgan fingerprint density at radius 3 is 2.29 bits per heavy atom. The third-order valence-corrected chi connectivity index (χ3v) is 3.95. The molecular weight excluding hydrogens is 284 g/mol. The first-order valence-corrected chi connectivity index (χ1v) is 8.09. The number of aliphatic hydroxyl groups excluding tert-OH is 1. The Hall–Kier alpha value is -0.840. The summed E-state index contributed by atoms with van der Waals surface area (Å²) >= 11 is 1.22. The molecule has 4 heteroatoms. The minimum atomic E-state index is -0.797. The van der Waals surface area contributed by atoms with Gasteiger partial charge in [-0.15, -0.1) is 0 Å². The minimum absolute atomic E-state index is 0.0321. The van der Waals surface area contributed by atoms with E-state index in [9.17, 15) is 9.90 Å². The van der Waals surface area contributed by atoms with Crippen molar-refractivity contribution in [1.82, 2.24) is 0 Å². The number of hydrogen-bond acceptors (Lipinski definition) is 4. The third-order valence-electron chi connectivity index (χ3n) is 2.90. The van der Waals surface area contributed by atoms with Crippen molar-refractivity contribution >= 4 is 16.9 Å². The molecule has 0 spiro atoms. The SMILES string of the molecule is CC(C)[C@H](O)[C@H](OCc1ccccc1)C(=O)SC(C)(C)C. The molecule has 0 saturated heterocycles. The van der Waals surface area contributed by atoms with Crippen molar-refractivity contribution in [2.75, 3.05) is 0 Å². The van der Waals surface area contributed by atoms with E-state index in [1.54, 1.807) is 0 Å². The first kappa shape index (κ1) is 18.2. The molecule has 3 nitrogen and oxygen atoms in total. The largest absolute Gasteiger partial charge is 0.390 e. The fourth-order valence-corrected chi connectivity index (χ4v) is 2.70. The van der Waals surface area contributed by atoms with Crippen LogP contribution in [0.2, 0.25) is 0 Å². The number of hydrogen-bond donors (Lipinski definition) is 1. The number of thioether (sulfide) groups is 1. The predicted molar refractivity (Wildman–Crippen MR) is 88.2 cm³/mol. The molecule has 0 fully saturated rings. The normalized spacial score (nSPS) is 15.0. The molecule has 0 unspecified atom stereocenters. The van der Waals surface area contributed by atoms with Crippen LogP contribution in [0.1, 0.15) is 40.2 Å². The van der Waals surface area contributed by atoms with Crippen molar-refractivity contribution in [3.05, 3.63) is 35.9 Å². The number of rotatable bonds is 6. The highest BCUT2D eigenvalue weighted by Gasteiger charge is 2.32. The molecule has 2 atom stereocenters. The second-order valence-electron chi connectivity index (χ2n) is 6.49. The molecule has 118 valence electrons. The smallest absolute Gasteiger partial charge is 0.220 e. The van der Waals surface area contributed by atoms with Gasteiger partial charge in [0.15, 0.2) is 6.10 Å². The Bertz CT molecular complexity index is 437. The van der Waals surface area contributed by atoms with Crippen LogP contribution in [0.5, 0.6) is 0 Å². The summed E-state index contributed by atoms with van der Waals surface area (Å²) in [6, 6.07) is 9.68. The van der Waals surface area contributed by atoms with E-state index in [4.69, 9.17) is 4.74 Å². The van der Waals surface area contributed by atoms with Crippen molar-refractivity contribution < 1.29 is 14.6 Å². The summed E-state index contributed by atoms with van der Waals surface area (Å²) in [4.78, 5) is 12.4. The molecule has 0 aliphatic heterocycles. The lowest BCUT2D eigenvalue weighted by Crippen LogP contribution is -2.39. The molecule has 1 N–H and O–H groups in total. The fraction of sp³-hybridized carbons (Fsp3) is 0.588. The Morgan fingerprint density at radius 1 is 1.24 bits per heavy atom. The number of ether oxygens (including phenoxy) is 1. The molecule has 0 aromatic heterocycles. The van der Waals surface area contributed by atoms with Crippen LogP contribution >= 0.6 is 11.8 Å². The van der Waals surface area contributed by atoms with Gasteiger partial charge in [-0.3, -0.25) is 4.79 Å². The number of aliphatic hydroxyl groups is 1. The molecule has 1 aromatic rings. The topological polar surface area (TPSA) is 46.5 Å². The molecule has 21 heavy (non-hydrogen) atoms. The van der Waals surface area contributed by atoms with Crippen LogP contribution in [0.15, 0.2) is 30.3 Å². The summed E-state index contributed by atoms with van der Waals surface area (Å²) in [6.45, 7) is 10.0. The van der Waals surface area contributed by atoms with E-state index in [1.165, 1.54) is 11.8 Å². The van der Waals surface area contributed by atoms with Crippen molar-refractivity contribution in [3.8, 4) is 0 Å². The van der Waals surface area contributed by atoms with Gasteiger partial charge in [0.25, 0.3) is 0 Å². The summed E-state index contributed by atoms with van der Waals surface area (Å²) in [5.74, 6) is -0.0321. The maximum absolute atomic E-state index is 12.4. The molecule has 0 heterocycles. The van der Waals surface area contributed by atoms with Gasteiger partial charge in [0.05, 0.1) is 12.7 Å². The van der Waals surface area contributed by atoms with E-state index in [2.05, 4.69) is 0 Å². The lowest BCUT2D eigenvalue weighted by Gasteiger charge is -2.27. The van der Waals surface area contributed by atoms with Crippen LogP contribution in [0.4, 0.5) is 0 Å². The zero-order chi connectivity index (χ0) is 16.0. The van der Waals surface area contributed by atoms with Gasteiger partial charge in [-0.2, -0.15) is 0 Å². The van der Waals surface area contributed by atoms with Crippen LogP contribution in [0.25, 0.3) is 0 Å². The van der Waals surface area contributed by atoms with Gasteiger partial charge >= 0.3 is 0 Å². The van der Waals surface area contributed by atoms with Crippen molar-refractivity contribution in [1.29, 1.82) is 0 Å². The molecule has 0 aliphatic rings. The first-order chi connectivity index (χ1) is 9.70. The second kappa shape index (κ2) is 7.97. The molecular formula is C17H26O3S. The van der Waals surface area contributed by atoms with Crippen LogP contribution in [0.3, 0.4) is 0 Å². The van der Waals surface area contributed by atoms with Crippen LogP contribution < -0.4 is 0 Å². The maximum atomic E-state index is 12.4.